The third-order valence-corrected chi connectivity index (χ3v) is 5.95. The predicted molar refractivity (Wildman–Crippen MR) is 116 cm³/mol. The largest absolute Gasteiger partial charge is 0.493 e. The molecule has 4 rings (SSSR count). The second-order valence-corrected chi connectivity index (χ2v) is 8.23. The van der Waals surface area contributed by atoms with Gasteiger partial charge in [0.25, 0.3) is 11.8 Å². The fraction of sp³-hybridized carbons (Fsp3) is 0.348. The van der Waals surface area contributed by atoms with Crippen LogP contribution in [0.1, 0.15) is 35.7 Å². The lowest BCUT2D eigenvalue weighted by molar-refractivity contribution is -0.133. The first kappa shape index (κ1) is 21.2. The first-order valence-electron chi connectivity index (χ1n) is 10.3. The van der Waals surface area contributed by atoms with Crippen LogP contribution in [0.5, 0.6) is 5.75 Å². The van der Waals surface area contributed by atoms with Gasteiger partial charge in [-0.3, -0.25) is 14.5 Å². The van der Waals surface area contributed by atoms with Gasteiger partial charge >= 0.3 is 6.03 Å². The molecule has 31 heavy (non-hydrogen) atoms. The van der Waals surface area contributed by atoms with Gasteiger partial charge in [-0.15, -0.1) is 0 Å². The Hall–Kier alpha value is -3.06. The summed E-state index contributed by atoms with van der Waals surface area (Å²) in [6.45, 7) is 3.11. The van der Waals surface area contributed by atoms with E-state index in [1.165, 1.54) is 4.90 Å². The number of carbonyl (C=O) groups is 3. The van der Waals surface area contributed by atoms with E-state index >= 15 is 0 Å². The Balaban J connectivity index is 1.53. The first-order valence-corrected chi connectivity index (χ1v) is 10.7. The monoisotopic (exact) mass is 441 g/mol. The quantitative estimate of drug-likeness (QED) is 0.720. The molecule has 8 heteroatoms. The lowest BCUT2D eigenvalue weighted by Crippen LogP contribution is -2.59. The minimum Gasteiger partial charge on any atom is -0.493 e. The molecule has 2 heterocycles. The topological polar surface area (TPSA) is 79.0 Å². The number of likely N-dealkylation sites (tertiary alicyclic amines) is 1. The number of hydrogen-bond acceptors (Lipinski definition) is 4. The van der Waals surface area contributed by atoms with Crippen molar-refractivity contribution in [2.24, 2.45) is 0 Å². The molecular formula is C23H24ClN3O4. The van der Waals surface area contributed by atoms with Gasteiger partial charge in [-0.25, -0.2) is 4.79 Å². The lowest BCUT2D eigenvalue weighted by Gasteiger charge is -2.38. The molecule has 1 spiro atoms. The van der Waals surface area contributed by atoms with Crippen LogP contribution in [0.25, 0.3) is 0 Å². The van der Waals surface area contributed by atoms with Crippen LogP contribution in [0.2, 0.25) is 5.02 Å². The van der Waals surface area contributed by atoms with Crippen LogP contribution in [0.4, 0.5) is 4.79 Å². The van der Waals surface area contributed by atoms with Gasteiger partial charge < -0.3 is 15.0 Å². The summed E-state index contributed by atoms with van der Waals surface area (Å²) in [6, 6.07) is 13.7. The number of halogens is 1. The summed E-state index contributed by atoms with van der Waals surface area (Å²) in [5.74, 6) is 0.00476. The van der Waals surface area contributed by atoms with E-state index in [2.05, 4.69) is 5.32 Å². The van der Waals surface area contributed by atoms with E-state index in [0.29, 0.717) is 42.3 Å². The number of amides is 4. The Kier molecular flexibility index (Phi) is 5.87. The van der Waals surface area contributed by atoms with E-state index in [1.807, 2.05) is 13.0 Å². The van der Waals surface area contributed by atoms with Gasteiger partial charge in [-0.2, -0.15) is 0 Å². The van der Waals surface area contributed by atoms with Crippen molar-refractivity contribution in [3.8, 4) is 5.75 Å². The van der Waals surface area contributed by atoms with Crippen molar-refractivity contribution in [3.63, 3.8) is 0 Å². The average Bonchev–Trinajstić information content (AvgIpc) is 2.99. The number of benzene rings is 2. The molecule has 2 aromatic rings. The number of nitrogens with one attached hydrogen (secondary N) is 1. The SMILES string of the molecule is CCOc1ccccc1C(=O)N1CCCC2(C1)NC(=O)N(Cc1ccc(Cl)cc1)C2=O. The van der Waals surface area contributed by atoms with Gasteiger partial charge in [0.05, 0.1) is 25.3 Å². The highest BCUT2D eigenvalue weighted by molar-refractivity contribution is 6.30. The van der Waals surface area contributed by atoms with E-state index in [-0.39, 0.29) is 24.9 Å². The van der Waals surface area contributed by atoms with Crippen LogP contribution >= 0.6 is 11.6 Å². The first-order chi connectivity index (χ1) is 14.9. The van der Waals surface area contributed by atoms with Gasteiger partial charge in [0, 0.05) is 11.6 Å². The summed E-state index contributed by atoms with van der Waals surface area (Å²) in [5, 5.41) is 3.45. The molecule has 4 amide bonds. The third-order valence-electron chi connectivity index (χ3n) is 5.70. The molecule has 2 saturated heterocycles. The molecule has 1 N–H and O–H groups in total. The zero-order chi connectivity index (χ0) is 22.0. The Labute approximate surface area is 185 Å². The number of urea groups is 1. The Morgan fingerprint density at radius 1 is 1.16 bits per heavy atom. The summed E-state index contributed by atoms with van der Waals surface area (Å²) >= 11 is 5.92. The maximum Gasteiger partial charge on any atom is 0.325 e. The van der Waals surface area contributed by atoms with Gasteiger partial charge in [0.15, 0.2) is 0 Å². The highest BCUT2D eigenvalue weighted by Crippen LogP contribution is 2.31. The number of nitrogens with zero attached hydrogens (tertiary/aromatic N) is 2. The van der Waals surface area contributed by atoms with Crippen molar-refractivity contribution in [3.05, 3.63) is 64.7 Å². The van der Waals surface area contributed by atoms with Gasteiger partial charge in [-0.1, -0.05) is 35.9 Å². The molecule has 0 radical (unpaired) electrons. The second kappa shape index (κ2) is 8.59. The summed E-state index contributed by atoms with van der Waals surface area (Å²) in [7, 11) is 0. The summed E-state index contributed by atoms with van der Waals surface area (Å²) in [4.78, 5) is 42.0. The van der Waals surface area contributed by atoms with Crippen LogP contribution in [-0.2, 0) is 11.3 Å². The molecule has 1 unspecified atom stereocenters. The predicted octanol–water partition coefficient (Wildman–Crippen LogP) is 3.47. The zero-order valence-corrected chi connectivity index (χ0v) is 18.0. The van der Waals surface area contributed by atoms with Crippen molar-refractivity contribution in [1.82, 2.24) is 15.1 Å². The number of carbonyl (C=O) groups excluding carboxylic acids is 3. The number of hydrogen-bond donors (Lipinski definition) is 1. The van der Waals surface area contributed by atoms with E-state index in [1.54, 1.807) is 47.4 Å². The van der Waals surface area contributed by atoms with Crippen molar-refractivity contribution in [2.75, 3.05) is 19.7 Å². The van der Waals surface area contributed by atoms with Crippen LogP contribution in [0, 0.1) is 0 Å². The molecule has 0 bridgehead atoms. The summed E-state index contributed by atoms with van der Waals surface area (Å²) < 4.78 is 5.59. The minimum atomic E-state index is -1.10. The number of para-hydroxylation sites is 1. The number of rotatable bonds is 5. The zero-order valence-electron chi connectivity index (χ0n) is 17.3. The van der Waals surface area contributed by atoms with Crippen molar-refractivity contribution < 1.29 is 19.1 Å². The number of imide groups is 1. The number of ether oxygens (including phenoxy) is 1. The molecule has 0 saturated carbocycles. The van der Waals surface area contributed by atoms with Crippen LogP contribution in [-0.4, -0.2) is 52.9 Å². The molecule has 162 valence electrons. The molecule has 2 aliphatic heterocycles. The van der Waals surface area contributed by atoms with E-state index < -0.39 is 11.6 Å². The standard InChI is InChI=1S/C23H24ClN3O4/c1-2-31-19-7-4-3-6-18(19)20(28)26-13-5-12-23(15-26)21(29)27(22(30)25-23)14-16-8-10-17(24)11-9-16/h3-4,6-11H,2,5,12-15H2,1H3,(H,25,30). The molecule has 2 aromatic carbocycles. The molecule has 2 fully saturated rings. The van der Waals surface area contributed by atoms with Gasteiger partial charge in [-0.05, 0) is 49.6 Å². The molecule has 2 aliphatic rings. The molecule has 0 aromatic heterocycles. The maximum absolute atomic E-state index is 13.3. The summed E-state index contributed by atoms with van der Waals surface area (Å²) in [5.41, 5.74) is 0.161. The van der Waals surface area contributed by atoms with Gasteiger partial charge in [0.2, 0.25) is 0 Å². The minimum absolute atomic E-state index is 0.133. The Morgan fingerprint density at radius 2 is 1.90 bits per heavy atom. The van der Waals surface area contributed by atoms with Crippen LogP contribution in [0.15, 0.2) is 48.5 Å². The van der Waals surface area contributed by atoms with Crippen molar-refractivity contribution in [1.29, 1.82) is 0 Å². The molecular weight excluding hydrogens is 418 g/mol. The van der Waals surface area contributed by atoms with E-state index in [4.69, 9.17) is 16.3 Å². The van der Waals surface area contributed by atoms with Crippen molar-refractivity contribution in [2.45, 2.75) is 31.8 Å². The average molecular weight is 442 g/mol. The van der Waals surface area contributed by atoms with E-state index in [9.17, 15) is 14.4 Å². The lowest BCUT2D eigenvalue weighted by atomic mass is 9.88. The summed E-state index contributed by atoms with van der Waals surface area (Å²) in [6.07, 6.45) is 1.11. The molecule has 1 atom stereocenters. The normalized spacial score (nSPS) is 20.8. The highest BCUT2D eigenvalue weighted by atomic mass is 35.5. The Morgan fingerprint density at radius 3 is 2.65 bits per heavy atom. The number of piperidine rings is 1. The fourth-order valence-corrected chi connectivity index (χ4v) is 4.32. The second-order valence-electron chi connectivity index (χ2n) is 7.79. The van der Waals surface area contributed by atoms with E-state index in [0.717, 1.165) is 5.56 Å². The highest BCUT2D eigenvalue weighted by Gasteiger charge is 2.53. The molecule has 0 aliphatic carbocycles. The molecule has 7 nitrogen and oxygen atoms in total. The maximum atomic E-state index is 13.3. The fourth-order valence-electron chi connectivity index (χ4n) is 4.19. The van der Waals surface area contributed by atoms with Crippen molar-refractivity contribution >= 4 is 29.4 Å². The van der Waals surface area contributed by atoms with Crippen LogP contribution in [0.3, 0.4) is 0 Å². The van der Waals surface area contributed by atoms with Gasteiger partial charge in [0.1, 0.15) is 11.3 Å². The smallest absolute Gasteiger partial charge is 0.325 e. The van der Waals surface area contributed by atoms with Crippen LogP contribution < -0.4 is 10.1 Å². The third kappa shape index (κ3) is 4.10. The Bertz CT molecular complexity index is 1010.